The molecule has 0 aliphatic carbocycles. The quantitative estimate of drug-likeness (QED) is 0.941. The second-order valence-electron chi connectivity index (χ2n) is 4.89. The zero-order valence-corrected chi connectivity index (χ0v) is 11.4. The summed E-state index contributed by atoms with van der Waals surface area (Å²) in [5, 5.41) is 2.61. The predicted molar refractivity (Wildman–Crippen MR) is 77.8 cm³/mol. The van der Waals surface area contributed by atoms with Gasteiger partial charge in [-0.05, 0) is 25.0 Å². The summed E-state index contributed by atoms with van der Waals surface area (Å²) in [6, 6.07) is 7.57. The van der Waals surface area contributed by atoms with Crippen LogP contribution < -0.4 is 10.2 Å². The van der Waals surface area contributed by atoms with Crippen LogP contribution in [-0.4, -0.2) is 29.0 Å². The first kappa shape index (κ1) is 13.5. The van der Waals surface area contributed by atoms with Gasteiger partial charge in [-0.25, -0.2) is 14.4 Å². The lowest BCUT2D eigenvalue weighted by atomic mass is 10.2. The number of hydrogen-bond donors (Lipinski definition) is 1. The summed E-state index contributed by atoms with van der Waals surface area (Å²) < 4.78 is 13.6. The van der Waals surface area contributed by atoms with Crippen molar-refractivity contribution in [1.82, 2.24) is 9.97 Å². The Hall–Kier alpha value is -2.50. The average Bonchev–Trinajstić information content (AvgIpc) is 3.02. The first-order valence-corrected chi connectivity index (χ1v) is 6.87. The zero-order valence-electron chi connectivity index (χ0n) is 11.4. The van der Waals surface area contributed by atoms with Crippen LogP contribution in [0.2, 0.25) is 0 Å². The minimum Gasteiger partial charge on any atom is -0.356 e. The Morgan fingerprint density at radius 3 is 2.71 bits per heavy atom. The first-order valence-electron chi connectivity index (χ1n) is 6.87. The normalized spacial score (nSPS) is 14.2. The Morgan fingerprint density at radius 1 is 1.19 bits per heavy atom. The molecule has 1 aromatic carbocycles. The van der Waals surface area contributed by atoms with Crippen molar-refractivity contribution in [2.24, 2.45) is 0 Å². The molecule has 1 fully saturated rings. The van der Waals surface area contributed by atoms with Crippen molar-refractivity contribution >= 4 is 17.5 Å². The summed E-state index contributed by atoms with van der Waals surface area (Å²) in [6.07, 6.45) is 3.69. The summed E-state index contributed by atoms with van der Waals surface area (Å²) in [5.41, 5.74) is -0.00108. The number of aromatic nitrogens is 2. The fraction of sp³-hybridized carbons (Fsp3) is 0.267. The third-order valence-electron chi connectivity index (χ3n) is 3.44. The molecular formula is C15H15FN4O. The highest BCUT2D eigenvalue weighted by Gasteiger charge is 2.16. The Balaban J connectivity index is 1.77. The highest BCUT2D eigenvalue weighted by atomic mass is 19.1. The highest BCUT2D eigenvalue weighted by Crippen LogP contribution is 2.19. The van der Waals surface area contributed by atoms with Crippen molar-refractivity contribution in [3.8, 4) is 0 Å². The van der Waals surface area contributed by atoms with E-state index in [1.54, 1.807) is 18.2 Å². The monoisotopic (exact) mass is 286 g/mol. The fourth-order valence-electron chi connectivity index (χ4n) is 2.36. The molecule has 3 rings (SSSR count). The van der Waals surface area contributed by atoms with Gasteiger partial charge in [0.1, 0.15) is 23.8 Å². The van der Waals surface area contributed by atoms with Gasteiger partial charge in [0.05, 0.1) is 5.56 Å². The van der Waals surface area contributed by atoms with Crippen LogP contribution >= 0.6 is 0 Å². The van der Waals surface area contributed by atoms with Gasteiger partial charge in [-0.1, -0.05) is 12.1 Å². The number of anilines is 2. The molecule has 108 valence electrons. The predicted octanol–water partition coefficient (Wildman–Crippen LogP) is 2.47. The lowest BCUT2D eigenvalue weighted by Gasteiger charge is -2.16. The van der Waals surface area contributed by atoms with Crippen LogP contribution in [0.5, 0.6) is 0 Å². The smallest absolute Gasteiger partial charge is 0.259 e. The van der Waals surface area contributed by atoms with Crippen LogP contribution in [0.1, 0.15) is 23.2 Å². The van der Waals surface area contributed by atoms with Gasteiger partial charge in [-0.15, -0.1) is 0 Å². The fourth-order valence-corrected chi connectivity index (χ4v) is 2.36. The van der Waals surface area contributed by atoms with Crippen LogP contribution in [0.4, 0.5) is 16.0 Å². The minimum absolute atomic E-state index is 0.00108. The topological polar surface area (TPSA) is 58.1 Å². The van der Waals surface area contributed by atoms with E-state index in [2.05, 4.69) is 20.2 Å². The molecule has 1 aliphatic heterocycles. The lowest BCUT2D eigenvalue weighted by molar-refractivity contribution is 0.102. The summed E-state index contributed by atoms with van der Waals surface area (Å²) in [7, 11) is 0. The molecule has 21 heavy (non-hydrogen) atoms. The van der Waals surface area contributed by atoms with Gasteiger partial charge in [0.15, 0.2) is 0 Å². The van der Waals surface area contributed by atoms with E-state index in [9.17, 15) is 9.18 Å². The molecule has 0 unspecified atom stereocenters. The molecule has 2 aromatic rings. The van der Waals surface area contributed by atoms with Gasteiger partial charge in [-0.2, -0.15) is 0 Å². The first-order chi connectivity index (χ1) is 10.2. The second kappa shape index (κ2) is 5.87. The van der Waals surface area contributed by atoms with Gasteiger partial charge >= 0.3 is 0 Å². The SMILES string of the molecule is O=C(Nc1cc(N2CCCC2)ncn1)c1ccccc1F. The van der Waals surface area contributed by atoms with Crippen molar-refractivity contribution in [3.05, 3.63) is 48.0 Å². The van der Waals surface area contributed by atoms with Gasteiger partial charge in [0.25, 0.3) is 5.91 Å². The van der Waals surface area contributed by atoms with E-state index < -0.39 is 11.7 Å². The van der Waals surface area contributed by atoms with Crippen molar-refractivity contribution in [2.75, 3.05) is 23.3 Å². The maximum absolute atomic E-state index is 13.6. The molecule has 0 bridgehead atoms. The Labute approximate surface area is 121 Å². The third kappa shape index (κ3) is 2.99. The summed E-state index contributed by atoms with van der Waals surface area (Å²) in [6.45, 7) is 1.91. The number of nitrogens with zero attached hydrogens (tertiary/aromatic N) is 3. The molecule has 6 heteroatoms. The maximum atomic E-state index is 13.6. The molecular weight excluding hydrogens is 271 g/mol. The lowest BCUT2D eigenvalue weighted by Crippen LogP contribution is -2.20. The van der Waals surface area contributed by atoms with Crippen LogP contribution in [0.15, 0.2) is 36.7 Å². The maximum Gasteiger partial charge on any atom is 0.259 e. The number of rotatable bonds is 3. The number of halogens is 1. The highest BCUT2D eigenvalue weighted by molar-refractivity contribution is 6.04. The van der Waals surface area contributed by atoms with Crippen LogP contribution in [0.3, 0.4) is 0 Å². The molecule has 1 N–H and O–H groups in total. The molecule has 2 heterocycles. The van der Waals surface area contributed by atoms with Gasteiger partial charge in [-0.3, -0.25) is 4.79 Å². The molecule has 1 saturated heterocycles. The molecule has 1 amide bonds. The zero-order chi connectivity index (χ0) is 14.7. The second-order valence-corrected chi connectivity index (χ2v) is 4.89. The van der Waals surface area contributed by atoms with Crippen molar-refractivity contribution in [3.63, 3.8) is 0 Å². The number of carbonyl (C=O) groups is 1. The summed E-state index contributed by atoms with van der Waals surface area (Å²) >= 11 is 0. The summed E-state index contributed by atoms with van der Waals surface area (Å²) in [5.74, 6) is 0.0921. The van der Waals surface area contributed by atoms with Crippen LogP contribution in [0, 0.1) is 5.82 Å². The molecule has 0 radical (unpaired) electrons. The Kier molecular flexibility index (Phi) is 3.77. The largest absolute Gasteiger partial charge is 0.356 e. The molecule has 5 nitrogen and oxygen atoms in total. The van der Waals surface area contributed by atoms with Crippen molar-refractivity contribution < 1.29 is 9.18 Å². The molecule has 0 saturated carbocycles. The Bertz CT molecular complexity index is 656. The average molecular weight is 286 g/mol. The number of hydrogen-bond acceptors (Lipinski definition) is 4. The van der Waals surface area contributed by atoms with Crippen LogP contribution in [-0.2, 0) is 0 Å². The number of benzene rings is 1. The minimum atomic E-state index is -0.552. The van der Waals surface area contributed by atoms with Crippen molar-refractivity contribution in [2.45, 2.75) is 12.8 Å². The van der Waals surface area contributed by atoms with E-state index in [-0.39, 0.29) is 5.56 Å². The molecule has 0 atom stereocenters. The van der Waals surface area contributed by atoms with Gasteiger partial charge in [0.2, 0.25) is 0 Å². The van der Waals surface area contributed by atoms with E-state index in [1.807, 2.05) is 0 Å². The number of nitrogens with one attached hydrogen (secondary N) is 1. The number of carbonyl (C=O) groups excluding carboxylic acids is 1. The third-order valence-corrected chi connectivity index (χ3v) is 3.44. The molecule has 0 spiro atoms. The van der Waals surface area contributed by atoms with E-state index >= 15 is 0 Å². The van der Waals surface area contributed by atoms with E-state index in [0.717, 1.165) is 31.7 Å². The van der Waals surface area contributed by atoms with Gasteiger partial charge in [0, 0.05) is 19.2 Å². The molecule has 1 aliphatic rings. The molecule has 1 aromatic heterocycles. The van der Waals surface area contributed by atoms with Crippen molar-refractivity contribution in [1.29, 1.82) is 0 Å². The number of amides is 1. The van der Waals surface area contributed by atoms with E-state index in [1.165, 1.54) is 18.5 Å². The van der Waals surface area contributed by atoms with E-state index in [0.29, 0.717) is 5.82 Å². The van der Waals surface area contributed by atoms with Crippen LogP contribution in [0.25, 0.3) is 0 Å². The van der Waals surface area contributed by atoms with E-state index in [4.69, 9.17) is 0 Å². The standard InChI is InChI=1S/C15H15FN4O/c16-12-6-2-1-5-11(12)15(21)19-13-9-14(18-10-17-13)20-7-3-4-8-20/h1-2,5-6,9-10H,3-4,7-8H2,(H,17,18,19,21). The van der Waals surface area contributed by atoms with Gasteiger partial charge < -0.3 is 10.2 Å². The Morgan fingerprint density at radius 2 is 1.95 bits per heavy atom. The summed E-state index contributed by atoms with van der Waals surface area (Å²) in [4.78, 5) is 22.4.